The first-order valence-corrected chi connectivity index (χ1v) is 10.2. The van der Waals surface area contributed by atoms with E-state index in [1.54, 1.807) is 19.1 Å². The third-order valence-corrected chi connectivity index (χ3v) is 5.33. The third-order valence-electron chi connectivity index (χ3n) is 5.33. The summed E-state index contributed by atoms with van der Waals surface area (Å²) in [6.07, 6.45) is 1.66. The maximum atomic E-state index is 12.7. The van der Waals surface area contributed by atoms with E-state index in [0.29, 0.717) is 28.2 Å². The fourth-order valence-electron chi connectivity index (χ4n) is 3.81. The predicted molar refractivity (Wildman–Crippen MR) is 114 cm³/mol. The second-order valence-corrected chi connectivity index (χ2v) is 7.61. The molecule has 1 aliphatic carbocycles. The van der Waals surface area contributed by atoms with Gasteiger partial charge in [0.15, 0.2) is 0 Å². The summed E-state index contributed by atoms with van der Waals surface area (Å²) in [7, 11) is 0. The normalized spacial score (nSPS) is 13.3. The molecule has 8 nitrogen and oxygen atoms in total. The van der Waals surface area contributed by atoms with Crippen LogP contribution in [0.25, 0.3) is 11.0 Å². The topological polar surface area (TPSA) is 99.8 Å². The average Bonchev–Trinajstić information content (AvgIpc) is 3.50. The molecule has 162 valence electrons. The summed E-state index contributed by atoms with van der Waals surface area (Å²) in [6, 6.07) is 8.52. The van der Waals surface area contributed by atoms with Crippen molar-refractivity contribution in [1.82, 2.24) is 4.57 Å². The van der Waals surface area contributed by atoms with Gasteiger partial charge in [-0.3, -0.25) is 5.32 Å². The smallest absolute Gasteiger partial charge is 0.411 e. The summed E-state index contributed by atoms with van der Waals surface area (Å²) in [5.74, 6) is -0.429. The van der Waals surface area contributed by atoms with Gasteiger partial charge in [0.1, 0.15) is 12.2 Å². The lowest BCUT2D eigenvalue weighted by molar-refractivity contribution is 0.0472. The molecule has 1 saturated carbocycles. The van der Waals surface area contributed by atoms with Crippen molar-refractivity contribution in [2.24, 2.45) is 0 Å². The van der Waals surface area contributed by atoms with Gasteiger partial charge in [0.2, 0.25) is 0 Å². The predicted octanol–water partition coefficient (Wildman–Crippen LogP) is 4.47. The number of anilines is 1. The van der Waals surface area contributed by atoms with Gasteiger partial charge in [-0.2, -0.15) is 0 Å². The standard InChI is InChI=1S/C23H24N2O6/c1-4-29-23(28)24-16-5-8-18-15(10-21(26)31-20(18)11-16)12-30-22(27)19-9-13(2)25(14(19)3)17-6-7-17/h5,8-11,17H,4,6-7,12H2,1-3H3,(H,24,28). The van der Waals surface area contributed by atoms with Crippen molar-refractivity contribution >= 4 is 28.7 Å². The Morgan fingerprint density at radius 2 is 1.94 bits per heavy atom. The van der Waals surface area contributed by atoms with Crippen LogP contribution in [0.2, 0.25) is 0 Å². The number of fused-ring (bicyclic) bond motifs is 1. The van der Waals surface area contributed by atoms with Crippen LogP contribution < -0.4 is 10.9 Å². The molecule has 0 spiro atoms. The van der Waals surface area contributed by atoms with Crippen molar-refractivity contribution < 1.29 is 23.5 Å². The van der Waals surface area contributed by atoms with Gasteiger partial charge in [-0.25, -0.2) is 14.4 Å². The van der Waals surface area contributed by atoms with Crippen LogP contribution in [0.5, 0.6) is 0 Å². The van der Waals surface area contributed by atoms with Crippen molar-refractivity contribution in [1.29, 1.82) is 0 Å². The van der Waals surface area contributed by atoms with Crippen molar-refractivity contribution in [2.45, 2.75) is 46.3 Å². The molecule has 3 aromatic rings. The fraction of sp³-hybridized carbons (Fsp3) is 0.348. The molecule has 0 saturated heterocycles. The van der Waals surface area contributed by atoms with Crippen molar-refractivity contribution in [3.05, 3.63) is 63.3 Å². The van der Waals surface area contributed by atoms with E-state index < -0.39 is 17.7 Å². The maximum absolute atomic E-state index is 12.7. The summed E-state index contributed by atoms with van der Waals surface area (Å²) < 4.78 is 17.8. The number of nitrogens with zero attached hydrogens (tertiary/aromatic N) is 1. The van der Waals surface area contributed by atoms with Gasteiger partial charge in [-0.05, 0) is 51.8 Å². The van der Waals surface area contributed by atoms with E-state index in [2.05, 4.69) is 9.88 Å². The molecule has 2 aromatic heterocycles. The van der Waals surface area contributed by atoms with E-state index in [-0.39, 0.29) is 18.8 Å². The minimum absolute atomic E-state index is 0.0708. The highest BCUT2D eigenvalue weighted by Crippen LogP contribution is 2.38. The number of carbonyl (C=O) groups is 2. The molecule has 8 heteroatoms. The molecule has 0 unspecified atom stereocenters. The van der Waals surface area contributed by atoms with Gasteiger partial charge in [-0.1, -0.05) is 0 Å². The molecule has 1 aromatic carbocycles. The zero-order valence-corrected chi connectivity index (χ0v) is 17.7. The summed E-state index contributed by atoms with van der Waals surface area (Å²) in [5.41, 5.74) is 3.14. The van der Waals surface area contributed by atoms with Crippen molar-refractivity contribution in [2.75, 3.05) is 11.9 Å². The number of ether oxygens (including phenoxy) is 2. The van der Waals surface area contributed by atoms with Gasteiger partial charge in [0.05, 0.1) is 12.2 Å². The van der Waals surface area contributed by atoms with E-state index in [1.165, 1.54) is 12.1 Å². The molecular weight excluding hydrogens is 400 g/mol. The molecule has 1 aliphatic rings. The van der Waals surface area contributed by atoms with E-state index in [9.17, 15) is 14.4 Å². The molecule has 4 rings (SSSR count). The minimum Gasteiger partial charge on any atom is -0.457 e. The fourth-order valence-corrected chi connectivity index (χ4v) is 3.81. The number of nitrogens with one attached hydrogen (secondary N) is 1. The van der Waals surface area contributed by atoms with Gasteiger partial charge in [0.25, 0.3) is 0 Å². The number of carbonyl (C=O) groups excluding carboxylic acids is 2. The number of amides is 1. The zero-order valence-electron chi connectivity index (χ0n) is 17.7. The van der Waals surface area contributed by atoms with E-state index in [0.717, 1.165) is 24.2 Å². The van der Waals surface area contributed by atoms with Crippen LogP contribution in [0.15, 0.2) is 39.5 Å². The molecule has 0 radical (unpaired) electrons. The van der Waals surface area contributed by atoms with Crippen LogP contribution in [0.3, 0.4) is 0 Å². The molecule has 2 heterocycles. The first kappa shape index (κ1) is 20.7. The third kappa shape index (κ3) is 4.33. The summed E-state index contributed by atoms with van der Waals surface area (Å²) in [6.45, 7) is 5.79. The molecular formula is C23H24N2O6. The van der Waals surface area contributed by atoms with Crippen LogP contribution in [-0.4, -0.2) is 23.2 Å². The van der Waals surface area contributed by atoms with Crippen molar-refractivity contribution in [3.63, 3.8) is 0 Å². The van der Waals surface area contributed by atoms with E-state index >= 15 is 0 Å². The number of aryl methyl sites for hydroxylation is 1. The summed E-state index contributed by atoms with van der Waals surface area (Å²) in [5, 5.41) is 3.18. The number of esters is 1. The van der Waals surface area contributed by atoms with Crippen molar-refractivity contribution in [3.8, 4) is 0 Å². The summed E-state index contributed by atoms with van der Waals surface area (Å²) >= 11 is 0. The SMILES string of the molecule is CCOC(=O)Nc1ccc2c(COC(=O)c3cc(C)n(C4CC4)c3C)cc(=O)oc2c1. The molecule has 1 amide bonds. The highest BCUT2D eigenvalue weighted by molar-refractivity contribution is 5.92. The monoisotopic (exact) mass is 424 g/mol. The number of benzene rings is 1. The highest BCUT2D eigenvalue weighted by Gasteiger charge is 2.28. The Hall–Kier alpha value is -3.55. The lowest BCUT2D eigenvalue weighted by Gasteiger charge is -2.10. The first-order valence-electron chi connectivity index (χ1n) is 10.2. The number of hydrogen-bond acceptors (Lipinski definition) is 6. The van der Waals surface area contributed by atoms with E-state index in [4.69, 9.17) is 13.9 Å². The van der Waals surface area contributed by atoms with Crippen LogP contribution in [-0.2, 0) is 16.1 Å². The zero-order chi connectivity index (χ0) is 22.1. The van der Waals surface area contributed by atoms with Crippen LogP contribution in [0.1, 0.15) is 53.1 Å². The molecule has 1 N–H and O–H groups in total. The Kier molecular flexibility index (Phi) is 5.54. The number of aromatic nitrogens is 1. The second-order valence-electron chi connectivity index (χ2n) is 7.61. The van der Waals surface area contributed by atoms with Gasteiger partial charge < -0.3 is 18.5 Å². The largest absolute Gasteiger partial charge is 0.457 e. The Balaban J connectivity index is 1.54. The Bertz CT molecular complexity index is 1220. The molecule has 0 bridgehead atoms. The van der Waals surface area contributed by atoms with Crippen LogP contribution in [0.4, 0.5) is 10.5 Å². The average molecular weight is 424 g/mol. The first-order chi connectivity index (χ1) is 14.9. The lowest BCUT2D eigenvalue weighted by Crippen LogP contribution is -2.13. The van der Waals surface area contributed by atoms with Gasteiger partial charge >= 0.3 is 17.7 Å². The summed E-state index contributed by atoms with van der Waals surface area (Å²) in [4.78, 5) is 36.3. The minimum atomic E-state index is -0.599. The molecule has 1 fully saturated rings. The maximum Gasteiger partial charge on any atom is 0.411 e. The van der Waals surface area contributed by atoms with Gasteiger partial charge in [0, 0.05) is 46.2 Å². The highest BCUT2D eigenvalue weighted by atomic mass is 16.5. The molecule has 31 heavy (non-hydrogen) atoms. The van der Waals surface area contributed by atoms with Crippen LogP contribution in [0, 0.1) is 13.8 Å². The molecule has 0 aliphatic heterocycles. The van der Waals surface area contributed by atoms with Gasteiger partial charge in [-0.15, -0.1) is 0 Å². The molecule has 0 atom stereocenters. The number of rotatable bonds is 6. The Morgan fingerprint density at radius 1 is 1.16 bits per heavy atom. The Labute approximate surface area is 178 Å². The quantitative estimate of drug-likeness (QED) is 0.463. The number of hydrogen-bond donors (Lipinski definition) is 1. The second kappa shape index (κ2) is 8.29. The Morgan fingerprint density at radius 3 is 2.65 bits per heavy atom. The van der Waals surface area contributed by atoms with Crippen LogP contribution >= 0.6 is 0 Å². The van der Waals surface area contributed by atoms with E-state index in [1.807, 2.05) is 19.9 Å². The lowest BCUT2D eigenvalue weighted by atomic mass is 10.1.